The van der Waals surface area contributed by atoms with Gasteiger partial charge >= 0.3 is 0 Å². The predicted molar refractivity (Wildman–Crippen MR) is 217 cm³/mol. The second-order valence-corrected chi connectivity index (χ2v) is 14.9. The SMILES string of the molecule is c1ccc2c(c1)c1cccc3c4cc(-c5ccc(Sc6ccc(-c7ccc8c(c7)c7cccc9c%10ccccc%10n8c97)cc6)cc5)ccc4n2c13. The molecule has 51 heavy (non-hydrogen) atoms. The molecule has 4 heterocycles. The first-order valence-electron chi connectivity index (χ1n) is 17.5. The van der Waals surface area contributed by atoms with E-state index in [0.717, 1.165) is 0 Å². The van der Waals surface area contributed by atoms with Gasteiger partial charge < -0.3 is 8.80 Å². The minimum absolute atomic E-state index is 1.23. The summed E-state index contributed by atoms with van der Waals surface area (Å²) in [5.41, 5.74) is 12.7. The average molecular weight is 665 g/mol. The lowest BCUT2D eigenvalue weighted by Crippen LogP contribution is -1.83. The molecule has 0 aliphatic carbocycles. The molecule has 4 aromatic heterocycles. The molecule has 236 valence electrons. The molecule has 2 nitrogen and oxygen atoms in total. The van der Waals surface area contributed by atoms with Crippen molar-refractivity contribution >= 4 is 88.0 Å². The molecule has 0 aliphatic rings. The number of benzene rings is 8. The molecule has 0 radical (unpaired) electrons. The molecule has 8 aromatic carbocycles. The molecule has 0 amide bonds. The van der Waals surface area contributed by atoms with Crippen LogP contribution in [0.5, 0.6) is 0 Å². The Hall–Kier alpha value is -6.29. The zero-order chi connectivity index (χ0) is 33.2. The number of hydrogen-bond donors (Lipinski definition) is 0. The van der Waals surface area contributed by atoms with Crippen molar-refractivity contribution in [2.24, 2.45) is 0 Å². The van der Waals surface area contributed by atoms with Gasteiger partial charge in [-0.05, 0) is 82.9 Å². The monoisotopic (exact) mass is 664 g/mol. The molecule has 3 heteroatoms. The lowest BCUT2D eigenvalue weighted by atomic mass is 10.0. The summed E-state index contributed by atoms with van der Waals surface area (Å²) in [6.07, 6.45) is 0. The fraction of sp³-hybridized carbons (Fsp3) is 0. The number of rotatable bonds is 4. The van der Waals surface area contributed by atoms with Gasteiger partial charge in [0.2, 0.25) is 0 Å². The van der Waals surface area contributed by atoms with Crippen molar-refractivity contribution in [2.45, 2.75) is 9.79 Å². The van der Waals surface area contributed by atoms with Crippen LogP contribution >= 0.6 is 11.8 Å². The Morgan fingerprint density at radius 2 is 0.627 bits per heavy atom. The highest BCUT2D eigenvalue weighted by Gasteiger charge is 2.19. The molecule has 0 atom stereocenters. The first-order valence-corrected chi connectivity index (χ1v) is 18.3. The Kier molecular flexibility index (Phi) is 5.47. The zero-order valence-electron chi connectivity index (χ0n) is 27.5. The molecule has 0 saturated heterocycles. The van der Waals surface area contributed by atoms with Crippen molar-refractivity contribution in [1.29, 1.82) is 0 Å². The first kappa shape index (κ1) is 27.5. The van der Waals surface area contributed by atoms with Gasteiger partial charge in [-0.3, -0.25) is 0 Å². The largest absolute Gasteiger partial charge is 0.308 e. The smallest absolute Gasteiger partial charge is 0.0620 e. The summed E-state index contributed by atoms with van der Waals surface area (Å²) in [5, 5.41) is 10.5. The summed E-state index contributed by atoms with van der Waals surface area (Å²) in [6, 6.07) is 62.8. The Labute approximate surface area is 297 Å². The van der Waals surface area contributed by atoms with Gasteiger partial charge in [0, 0.05) is 52.9 Å². The van der Waals surface area contributed by atoms with Crippen molar-refractivity contribution in [3.05, 3.63) is 170 Å². The second kappa shape index (κ2) is 10.1. The fourth-order valence-corrected chi connectivity index (χ4v) is 9.61. The van der Waals surface area contributed by atoms with Crippen molar-refractivity contribution < 1.29 is 0 Å². The van der Waals surface area contributed by atoms with Crippen LogP contribution in [-0.4, -0.2) is 8.80 Å². The van der Waals surface area contributed by atoms with Gasteiger partial charge in [0.15, 0.2) is 0 Å². The lowest BCUT2D eigenvalue weighted by molar-refractivity contribution is 1.37. The Bertz CT molecular complexity index is 3090. The Balaban J connectivity index is 0.842. The molecule has 0 fully saturated rings. The van der Waals surface area contributed by atoms with E-state index < -0.39 is 0 Å². The summed E-state index contributed by atoms with van der Waals surface area (Å²) in [6.45, 7) is 0. The van der Waals surface area contributed by atoms with E-state index in [0.29, 0.717) is 0 Å². The molecule has 0 spiro atoms. The maximum atomic E-state index is 2.44. The highest BCUT2D eigenvalue weighted by Crippen LogP contribution is 2.42. The maximum absolute atomic E-state index is 2.44. The van der Waals surface area contributed by atoms with Crippen molar-refractivity contribution in [2.75, 3.05) is 0 Å². The molecule has 0 saturated carbocycles. The Morgan fingerprint density at radius 1 is 0.275 bits per heavy atom. The number of nitrogens with zero attached hydrogens (tertiary/aromatic N) is 2. The van der Waals surface area contributed by atoms with Gasteiger partial charge in [-0.15, -0.1) is 0 Å². The minimum atomic E-state index is 1.23. The second-order valence-electron chi connectivity index (χ2n) is 13.7. The van der Waals surface area contributed by atoms with Crippen molar-refractivity contribution in [3.8, 4) is 22.3 Å². The van der Waals surface area contributed by atoms with E-state index in [1.807, 2.05) is 11.8 Å². The average Bonchev–Trinajstić information content (AvgIpc) is 3.92. The van der Waals surface area contributed by atoms with Crippen LogP contribution in [0.4, 0.5) is 0 Å². The van der Waals surface area contributed by atoms with Gasteiger partial charge in [-0.2, -0.15) is 0 Å². The van der Waals surface area contributed by atoms with Gasteiger partial charge in [0.25, 0.3) is 0 Å². The maximum Gasteiger partial charge on any atom is 0.0620 e. The molecule has 0 bridgehead atoms. The van der Waals surface area contributed by atoms with Crippen LogP contribution in [0.25, 0.3) is 98.4 Å². The molecule has 12 aromatic rings. The normalized spacial score (nSPS) is 12.4. The summed E-state index contributed by atoms with van der Waals surface area (Å²) in [7, 11) is 0. The van der Waals surface area contributed by atoms with Crippen LogP contribution in [0.15, 0.2) is 180 Å². The molecule has 0 unspecified atom stereocenters. The van der Waals surface area contributed by atoms with Gasteiger partial charge in [-0.25, -0.2) is 0 Å². The third kappa shape index (κ3) is 3.79. The van der Waals surface area contributed by atoms with Crippen LogP contribution < -0.4 is 0 Å². The number of fused-ring (bicyclic) bond motifs is 12. The molecular weight excluding hydrogens is 637 g/mol. The Morgan fingerprint density at radius 3 is 1.08 bits per heavy atom. The number of aromatic nitrogens is 2. The van der Waals surface area contributed by atoms with E-state index in [1.165, 1.54) is 108 Å². The molecular formula is C48H28N2S. The van der Waals surface area contributed by atoms with Crippen LogP contribution in [0.1, 0.15) is 0 Å². The summed E-state index contributed by atoms with van der Waals surface area (Å²) in [5.74, 6) is 0. The first-order chi connectivity index (χ1) is 25.3. The van der Waals surface area contributed by atoms with Crippen LogP contribution in [0, 0.1) is 0 Å². The fourth-order valence-electron chi connectivity index (χ4n) is 8.79. The van der Waals surface area contributed by atoms with E-state index in [1.54, 1.807) is 0 Å². The third-order valence-electron chi connectivity index (χ3n) is 11.1. The molecule has 12 rings (SSSR count). The number of hydrogen-bond acceptors (Lipinski definition) is 1. The summed E-state index contributed by atoms with van der Waals surface area (Å²) >= 11 is 1.81. The topological polar surface area (TPSA) is 8.82 Å². The standard InChI is InChI=1S/C48H28N2S/c1-3-13-43-35(7-1)37-9-5-11-39-41-27-31(19-25-45(41)49(43)47(37)39)29-15-21-33(22-16-29)51-34-23-17-30(18-24-34)32-20-26-46-42(28-32)40-12-6-10-38-36-8-2-4-14-44(36)50(46)48(38)40/h1-28H. The molecule has 0 N–H and O–H groups in total. The van der Waals surface area contributed by atoms with Crippen LogP contribution in [0.3, 0.4) is 0 Å². The lowest BCUT2D eigenvalue weighted by Gasteiger charge is -2.07. The van der Waals surface area contributed by atoms with Crippen LogP contribution in [-0.2, 0) is 0 Å². The third-order valence-corrected chi connectivity index (χ3v) is 12.1. The van der Waals surface area contributed by atoms with Crippen molar-refractivity contribution in [3.63, 3.8) is 0 Å². The van der Waals surface area contributed by atoms with Gasteiger partial charge in [-0.1, -0.05) is 121 Å². The summed E-state index contributed by atoms with van der Waals surface area (Å²) in [4.78, 5) is 2.47. The minimum Gasteiger partial charge on any atom is -0.308 e. The highest BCUT2D eigenvalue weighted by molar-refractivity contribution is 7.99. The van der Waals surface area contributed by atoms with Gasteiger partial charge in [0.1, 0.15) is 0 Å². The van der Waals surface area contributed by atoms with Crippen LogP contribution in [0.2, 0.25) is 0 Å². The molecule has 0 aliphatic heterocycles. The van der Waals surface area contributed by atoms with Crippen molar-refractivity contribution in [1.82, 2.24) is 8.80 Å². The zero-order valence-corrected chi connectivity index (χ0v) is 28.3. The summed E-state index contributed by atoms with van der Waals surface area (Å²) < 4.78 is 4.88. The van der Waals surface area contributed by atoms with E-state index in [9.17, 15) is 0 Å². The quantitative estimate of drug-likeness (QED) is 0.182. The van der Waals surface area contributed by atoms with Gasteiger partial charge in [0.05, 0.1) is 33.1 Å². The number of para-hydroxylation sites is 4. The van der Waals surface area contributed by atoms with E-state index >= 15 is 0 Å². The van der Waals surface area contributed by atoms with E-state index in [4.69, 9.17) is 0 Å². The highest BCUT2D eigenvalue weighted by atomic mass is 32.2. The van der Waals surface area contributed by atoms with E-state index in [2.05, 4.69) is 179 Å². The van der Waals surface area contributed by atoms with E-state index in [-0.39, 0.29) is 0 Å². The predicted octanol–water partition coefficient (Wildman–Crippen LogP) is 13.5.